The molecule has 0 bridgehead atoms. The Labute approximate surface area is 141 Å². The zero-order chi connectivity index (χ0) is 16.9. The number of carbonyl (C=O) groups excluding carboxylic acids is 1. The highest BCUT2D eigenvalue weighted by Crippen LogP contribution is 2.20. The molecule has 2 heterocycles. The van der Waals surface area contributed by atoms with Crippen molar-refractivity contribution in [1.29, 1.82) is 0 Å². The lowest BCUT2D eigenvalue weighted by Gasteiger charge is -2.30. The summed E-state index contributed by atoms with van der Waals surface area (Å²) in [6, 6.07) is 7.55. The van der Waals surface area contributed by atoms with Gasteiger partial charge in [-0.1, -0.05) is 13.0 Å². The molecule has 1 atom stereocenters. The van der Waals surface area contributed by atoms with E-state index in [0.717, 1.165) is 30.9 Å². The zero-order valence-electron chi connectivity index (χ0n) is 14.0. The van der Waals surface area contributed by atoms with Gasteiger partial charge in [-0.05, 0) is 30.9 Å². The van der Waals surface area contributed by atoms with Gasteiger partial charge < -0.3 is 15.0 Å². The maximum absolute atomic E-state index is 12.5. The first kappa shape index (κ1) is 16.2. The molecule has 6 heteroatoms. The van der Waals surface area contributed by atoms with E-state index in [1.165, 1.54) is 12.6 Å². The van der Waals surface area contributed by atoms with E-state index in [0.29, 0.717) is 17.4 Å². The Balaban J connectivity index is 1.67. The Bertz CT molecular complexity index is 702. The van der Waals surface area contributed by atoms with Crippen molar-refractivity contribution in [2.75, 3.05) is 25.5 Å². The smallest absolute Gasteiger partial charge is 0.274 e. The van der Waals surface area contributed by atoms with Gasteiger partial charge in [0.1, 0.15) is 17.3 Å². The maximum atomic E-state index is 12.5. The molecule has 1 aliphatic heterocycles. The van der Waals surface area contributed by atoms with Crippen LogP contribution in [0.4, 0.5) is 11.5 Å². The Kier molecular flexibility index (Phi) is 4.93. The molecule has 6 nitrogen and oxygen atoms in total. The van der Waals surface area contributed by atoms with Gasteiger partial charge in [0, 0.05) is 24.8 Å². The number of piperidine rings is 1. The minimum Gasteiger partial charge on any atom is -0.497 e. The molecular weight excluding hydrogens is 304 g/mol. The highest BCUT2D eigenvalue weighted by molar-refractivity contribution is 5.92. The van der Waals surface area contributed by atoms with Gasteiger partial charge in [0.25, 0.3) is 5.91 Å². The second-order valence-corrected chi connectivity index (χ2v) is 6.14. The summed E-state index contributed by atoms with van der Waals surface area (Å²) in [7, 11) is 1.63. The lowest BCUT2D eigenvalue weighted by atomic mass is 10.0. The van der Waals surface area contributed by atoms with Crippen molar-refractivity contribution in [1.82, 2.24) is 14.9 Å². The lowest BCUT2D eigenvalue weighted by molar-refractivity contribution is 0.0676. The summed E-state index contributed by atoms with van der Waals surface area (Å²) in [6.45, 7) is 3.77. The summed E-state index contributed by atoms with van der Waals surface area (Å²) in [4.78, 5) is 22.9. The number of methoxy groups -OCH3 is 1. The van der Waals surface area contributed by atoms with Crippen LogP contribution in [0.3, 0.4) is 0 Å². The van der Waals surface area contributed by atoms with Crippen molar-refractivity contribution in [3.63, 3.8) is 0 Å². The molecular formula is C18H22N4O2. The Hall–Kier alpha value is -2.63. The number of hydrogen-bond acceptors (Lipinski definition) is 5. The molecule has 0 saturated carbocycles. The molecule has 1 N–H and O–H groups in total. The zero-order valence-corrected chi connectivity index (χ0v) is 14.0. The number of nitrogens with one attached hydrogen (secondary N) is 1. The molecule has 1 aromatic heterocycles. The first-order valence-electron chi connectivity index (χ1n) is 8.18. The van der Waals surface area contributed by atoms with Crippen molar-refractivity contribution < 1.29 is 9.53 Å². The number of nitrogens with zero attached hydrogens (tertiary/aromatic N) is 3. The van der Waals surface area contributed by atoms with Crippen LogP contribution in [0, 0.1) is 5.92 Å². The van der Waals surface area contributed by atoms with Crippen LogP contribution in [0.25, 0.3) is 0 Å². The van der Waals surface area contributed by atoms with Crippen molar-refractivity contribution in [2.45, 2.75) is 19.8 Å². The molecule has 0 radical (unpaired) electrons. The second-order valence-electron chi connectivity index (χ2n) is 6.14. The number of ether oxygens (including phenoxy) is 1. The number of aromatic nitrogens is 2. The molecule has 1 amide bonds. The molecule has 0 aliphatic carbocycles. The van der Waals surface area contributed by atoms with Gasteiger partial charge in [-0.15, -0.1) is 0 Å². The molecule has 126 valence electrons. The molecule has 1 aliphatic rings. The van der Waals surface area contributed by atoms with E-state index in [1.807, 2.05) is 29.2 Å². The molecule has 2 aromatic rings. The van der Waals surface area contributed by atoms with E-state index in [9.17, 15) is 4.79 Å². The van der Waals surface area contributed by atoms with Crippen LogP contribution in [0.1, 0.15) is 30.3 Å². The van der Waals surface area contributed by atoms with Crippen LogP contribution in [-0.4, -0.2) is 41.0 Å². The van der Waals surface area contributed by atoms with E-state index >= 15 is 0 Å². The van der Waals surface area contributed by atoms with E-state index in [-0.39, 0.29) is 5.91 Å². The normalized spacial score (nSPS) is 17.4. The van der Waals surface area contributed by atoms with E-state index in [4.69, 9.17) is 4.74 Å². The number of amides is 1. The third-order valence-electron chi connectivity index (χ3n) is 4.16. The molecule has 3 rings (SSSR count). The fourth-order valence-corrected chi connectivity index (χ4v) is 2.89. The minimum atomic E-state index is -0.0398. The van der Waals surface area contributed by atoms with Gasteiger partial charge in [-0.25, -0.2) is 9.97 Å². The highest BCUT2D eigenvalue weighted by atomic mass is 16.5. The van der Waals surface area contributed by atoms with Crippen molar-refractivity contribution in [2.24, 2.45) is 5.92 Å². The molecule has 1 saturated heterocycles. The average molecular weight is 326 g/mol. The van der Waals surface area contributed by atoms with E-state index in [1.54, 1.807) is 13.3 Å². The fourth-order valence-electron chi connectivity index (χ4n) is 2.89. The summed E-state index contributed by atoms with van der Waals surface area (Å²) in [5.74, 6) is 1.86. The van der Waals surface area contributed by atoms with Gasteiger partial charge >= 0.3 is 0 Å². The monoisotopic (exact) mass is 326 g/mol. The van der Waals surface area contributed by atoms with Crippen LogP contribution >= 0.6 is 0 Å². The summed E-state index contributed by atoms with van der Waals surface area (Å²) >= 11 is 0. The van der Waals surface area contributed by atoms with Crippen molar-refractivity contribution >= 4 is 17.4 Å². The lowest BCUT2D eigenvalue weighted by Crippen LogP contribution is -2.39. The number of likely N-dealkylation sites (tertiary alicyclic amines) is 1. The van der Waals surface area contributed by atoms with E-state index in [2.05, 4.69) is 22.2 Å². The molecule has 1 fully saturated rings. The first-order chi connectivity index (χ1) is 11.7. The largest absolute Gasteiger partial charge is 0.497 e. The Morgan fingerprint density at radius 2 is 2.21 bits per heavy atom. The predicted octanol–water partition coefficient (Wildman–Crippen LogP) is 3.10. The van der Waals surface area contributed by atoms with Gasteiger partial charge in [0.05, 0.1) is 19.5 Å². The Morgan fingerprint density at radius 3 is 2.92 bits per heavy atom. The molecule has 0 spiro atoms. The minimum absolute atomic E-state index is 0.0398. The maximum Gasteiger partial charge on any atom is 0.274 e. The Morgan fingerprint density at radius 1 is 1.33 bits per heavy atom. The summed E-state index contributed by atoms with van der Waals surface area (Å²) in [5.41, 5.74) is 1.24. The number of hydrogen-bond donors (Lipinski definition) is 1. The number of anilines is 2. The molecule has 24 heavy (non-hydrogen) atoms. The summed E-state index contributed by atoms with van der Waals surface area (Å²) in [6.07, 6.45) is 5.35. The standard InChI is InChI=1S/C18H22N4O2/c1-13-5-4-8-22(12-13)18(23)16-10-20-17(11-19-16)21-14-6-3-7-15(9-14)24-2/h3,6-7,9-11,13H,4-5,8,12H2,1-2H3,(H,20,21). The average Bonchev–Trinajstić information content (AvgIpc) is 2.62. The molecule has 1 unspecified atom stereocenters. The van der Waals surface area contributed by atoms with Crippen LogP contribution in [0.2, 0.25) is 0 Å². The molecule has 1 aromatic carbocycles. The van der Waals surface area contributed by atoms with E-state index < -0.39 is 0 Å². The van der Waals surface area contributed by atoms with Crippen LogP contribution < -0.4 is 10.1 Å². The van der Waals surface area contributed by atoms with Gasteiger partial charge in [-0.3, -0.25) is 4.79 Å². The van der Waals surface area contributed by atoms with Crippen molar-refractivity contribution in [3.8, 4) is 5.75 Å². The number of carbonyl (C=O) groups is 1. The fraction of sp³-hybridized carbons (Fsp3) is 0.389. The number of benzene rings is 1. The van der Waals surface area contributed by atoms with Gasteiger partial charge in [0.15, 0.2) is 0 Å². The summed E-state index contributed by atoms with van der Waals surface area (Å²) in [5, 5.41) is 3.15. The topological polar surface area (TPSA) is 67.3 Å². The van der Waals surface area contributed by atoms with Crippen LogP contribution in [0.15, 0.2) is 36.7 Å². The first-order valence-corrected chi connectivity index (χ1v) is 8.18. The predicted molar refractivity (Wildman–Crippen MR) is 92.6 cm³/mol. The summed E-state index contributed by atoms with van der Waals surface area (Å²) < 4.78 is 5.19. The van der Waals surface area contributed by atoms with Gasteiger partial charge in [0.2, 0.25) is 0 Å². The van der Waals surface area contributed by atoms with Crippen LogP contribution in [0.5, 0.6) is 5.75 Å². The highest BCUT2D eigenvalue weighted by Gasteiger charge is 2.23. The third kappa shape index (κ3) is 3.82. The van der Waals surface area contributed by atoms with Crippen LogP contribution in [-0.2, 0) is 0 Å². The number of rotatable bonds is 4. The third-order valence-corrected chi connectivity index (χ3v) is 4.16. The second kappa shape index (κ2) is 7.29. The van der Waals surface area contributed by atoms with Gasteiger partial charge in [-0.2, -0.15) is 0 Å². The SMILES string of the molecule is COc1cccc(Nc2cnc(C(=O)N3CCCC(C)C3)cn2)c1. The quantitative estimate of drug-likeness (QED) is 0.935. The van der Waals surface area contributed by atoms with Crippen molar-refractivity contribution in [3.05, 3.63) is 42.4 Å².